The van der Waals surface area contributed by atoms with E-state index in [2.05, 4.69) is 10.2 Å². The van der Waals surface area contributed by atoms with Gasteiger partial charge in [0, 0.05) is 45.7 Å². The third-order valence-corrected chi connectivity index (χ3v) is 4.72. The van der Waals surface area contributed by atoms with Gasteiger partial charge in [0.2, 0.25) is 5.91 Å². The SMILES string of the molecule is CC(=O)Nc1ccccc1OCC(O)CN1CCN(c2ccc(F)cc2F)CC1. The highest BCUT2D eigenvalue weighted by Gasteiger charge is 2.22. The lowest BCUT2D eigenvalue weighted by molar-refractivity contribution is -0.114. The number of nitrogens with zero attached hydrogens (tertiary/aromatic N) is 2. The molecule has 29 heavy (non-hydrogen) atoms. The quantitative estimate of drug-likeness (QED) is 0.741. The Labute approximate surface area is 168 Å². The highest BCUT2D eigenvalue weighted by molar-refractivity contribution is 5.90. The summed E-state index contributed by atoms with van der Waals surface area (Å²) in [6, 6.07) is 10.6. The molecule has 0 spiro atoms. The normalized spacial score (nSPS) is 15.8. The second kappa shape index (κ2) is 9.67. The molecule has 0 aliphatic carbocycles. The van der Waals surface area contributed by atoms with Gasteiger partial charge in [-0.2, -0.15) is 0 Å². The first-order valence-electron chi connectivity index (χ1n) is 9.52. The smallest absolute Gasteiger partial charge is 0.221 e. The van der Waals surface area contributed by atoms with Gasteiger partial charge in [-0.1, -0.05) is 12.1 Å². The fourth-order valence-electron chi connectivity index (χ4n) is 3.33. The van der Waals surface area contributed by atoms with E-state index in [4.69, 9.17) is 4.74 Å². The number of hydrogen-bond acceptors (Lipinski definition) is 5. The number of amides is 1. The number of hydrogen-bond donors (Lipinski definition) is 2. The number of β-amino-alcohol motifs (C(OH)–C–C–N with tert-alkyl or cyclic N) is 1. The van der Waals surface area contributed by atoms with Crippen LogP contribution in [0.3, 0.4) is 0 Å². The lowest BCUT2D eigenvalue weighted by atomic mass is 10.2. The Kier molecular flexibility index (Phi) is 7.00. The van der Waals surface area contributed by atoms with Gasteiger partial charge in [0.25, 0.3) is 0 Å². The third kappa shape index (κ3) is 5.88. The minimum Gasteiger partial charge on any atom is -0.489 e. The van der Waals surface area contributed by atoms with Gasteiger partial charge in [0.05, 0.1) is 11.4 Å². The van der Waals surface area contributed by atoms with E-state index in [1.54, 1.807) is 24.3 Å². The Bertz CT molecular complexity index is 842. The average molecular weight is 405 g/mol. The number of ether oxygens (including phenoxy) is 1. The van der Waals surface area contributed by atoms with Gasteiger partial charge in [0.15, 0.2) is 0 Å². The van der Waals surface area contributed by atoms with Gasteiger partial charge >= 0.3 is 0 Å². The summed E-state index contributed by atoms with van der Waals surface area (Å²) in [6.45, 7) is 4.39. The van der Waals surface area contributed by atoms with Gasteiger partial charge in [-0.15, -0.1) is 0 Å². The van der Waals surface area contributed by atoms with Crippen LogP contribution in [-0.4, -0.2) is 61.3 Å². The van der Waals surface area contributed by atoms with E-state index in [-0.39, 0.29) is 12.5 Å². The first-order chi connectivity index (χ1) is 13.9. The lowest BCUT2D eigenvalue weighted by Crippen LogP contribution is -2.49. The molecule has 3 rings (SSSR count). The second-order valence-corrected chi connectivity index (χ2v) is 7.03. The van der Waals surface area contributed by atoms with Gasteiger partial charge < -0.3 is 20.1 Å². The van der Waals surface area contributed by atoms with Crippen LogP contribution in [-0.2, 0) is 4.79 Å². The van der Waals surface area contributed by atoms with Crippen LogP contribution in [0.5, 0.6) is 5.75 Å². The van der Waals surface area contributed by atoms with Crippen LogP contribution in [0.4, 0.5) is 20.2 Å². The Morgan fingerprint density at radius 2 is 1.90 bits per heavy atom. The molecule has 1 heterocycles. The standard InChI is InChI=1S/C21H25F2N3O3/c1-15(27)24-19-4-2-3-5-21(19)29-14-17(28)13-25-8-10-26(11-9-25)20-7-6-16(22)12-18(20)23/h2-7,12,17,28H,8-11,13-14H2,1H3,(H,24,27). The van der Waals surface area contributed by atoms with E-state index in [9.17, 15) is 18.7 Å². The number of para-hydroxylation sites is 2. The molecule has 0 saturated carbocycles. The topological polar surface area (TPSA) is 65.0 Å². The van der Waals surface area contributed by atoms with Crippen LogP contribution in [0.25, 0.3) is 0 Å². The van der Waals surface area contributed by atoms with Crippen molar-refractivity contribution in [3.63, 3.8) is 0 Å². The monoisotopic (exact) mass is 405 g/mol. The predicted octanol–water partition coefficient (Wildman–Crippen LogP) is 2.49. The summed E-state index contributed by atoms with van der Waals surface area (Å²) in [5, 5.41) is 13.0. The van der Waals surface area contributed by atoms with Crippen molar-refractivity contribution in [3.05, 3.63) is 54.1 Å². The number of halogens is 2. The molecule has 2 aromatic rings. The summed E-state index contributed by atoms with van der Waals surface area (Å²) in [7, 11) is 0. The molecule has 156 valence electrons. The molecule has 2 N–H and O–H groups in total. The lowest BCUT2D eigenvalue weighted by Gasteiger charge is -2.37. The fraction of sp³-hybridized carbons (Fsp3) is 0.381. The Balaban J connectivity index is 1.47. The molecule has 2 aromatic carbocycles. The number of carbonyl (C=O) groups excluding carboxylic acids is 1. The van der Waals surface area contributed by atoms with Crippen molar-refractivity contribution in [2.75, 3.05) is 49.5 Å². The van der Waals surface area contributed by atoms with Crippen LogP contribution in [0.15, 0.2) is 42.5 Å². The van der Waals surface area contributed by atoms with Crippen LogP contribution in [0.1, 0.15) is 6.92 Å². The largest absolute Gasteiger partial charge is 0.489 e. The maximum Gasteiger partial charge on any atom is 0.221 e. The van der Waals surface area contributed by atoms with E-state index in [1.165, 1.54) is 19.1 Å². The van der Waals surface area contributed by atoms with Gasteiger partial charge in [-0.05, 0) is 24.3 Å². The molecule has 0 bridgehead atoms. The van der Waals surface area contributed by atoms with E-state index in [0.717, 1.165) is 6.07 Å². The fourth-order valence-corrected chi connectivity index (χ4v) is 3.33. The van der Waals surface area contributed by atoms with Gasteiger partial charge in [-0.25, -0.2) is 8.78 Å². The molecule has 1 atom stereocenters. The van der Waals surface area contributed by atoms with Crippen molar-refractivity contribution in [2.24, 2.45) is 0 Å². The van der Waals surface area contributed by atoms with E-state index in [0.29, 0.717) is 49.8 Å². The molecular formula is C21H25F2N3O3. The summed E-state index contributed by atoms with van der Waals surface area (Å²) in [6.07, 6.45) is -0.713. The van der Waals surface area contributed by atoms with Crippen molar-refractivity contribution < 1.29 is 23.4 Å². The number of anilines is 2. The van der Waals surface area contributed by atoms with Gasteiger partial charge in [-0.3, -0.25) is 9.69 Å². The molecule has 0 radical (unpaired) electrons. The van der Waals surface area contributed by atoms with Crippen LogP contribution in [0.2, 0.25) is 0 Å². The summed E-state index contributed by atoms with van der Waals surface area (Å²) in [4.78, 5) is 15.2. The summed E-state index contributed by atoms with van der Waals surface area (Å²) in [5.41, 5.74) is 0.951. The molecule has 0 aromatic heterocycles. The summed E-state index contributed by atoms with van der Waals surface area (Å²) < 4.78 is 32.7. The maximum absolute atomic E-state index is 13.9. The first-order valence-corrected chi connectivity index (χ1v) is 9.52. The average Bonchev–Trinajstić information content (AvgIpc) is 2.68. The number of benzene rings is 2. The predicted molar refractivity (Wildman–Crippen MR) is 107 cm³/mol. The van der Waals surface area contributed by atoms with Crippen LogP contribution in [0, 0.1) is 11.6 Å². The molecule has 1 saturated heterocycles. The summed E-state index contributed by atoms with van der Waals surface area (Å²) in [5.74, 6) is -0.854. The number of rotatable bonds is 7. The van der Waals surface area contributed by atoms with Crippen LogP contribution >= 0.6 is 0 Å². The zero-order valence-corrected chi connectivity index (χ0v) is 16.3. The Morgan fingerprint density at radius 1 is 1.17 bits per heavy atom. The van der Waals surface area contributed by atoms with Crippen molar-refractivity contribution >= 4 is 17.3 Å². The van der Waals surface area contributed by atoms with Crippen molar-refractivity contribution in [2.45, 2.75) is 13.0 Å². The van der Waals surface area contributed by atoms with Crippen molar-refractivity contribution in [1.29, 1.82) is 0 Å². The minimum absolute atomic E-state index is 0.0867. The van der Waals surface area contributed by atoms with E-state index >= 15 is 0 Å². The molecule has 8 heteroatoms. The molecule has 1 amide bonds. The zero-order chi connectivity index (χ0) is 20.8. The molecular weight excluding hydrogens is 380 g/mol. The molecule has 1 aliphatic rings. The summed E-state index contributed by atoms with van der Waals surface area (Å²) >= 11 is 0. The number of aliphatic hydroxyl groups is 1. The Hall–Kier alpha value is -2.71. The van der Waals surface area contributed by atoms with Gasteiger partial charge in [0.1, 0.15) is 30.1 Å². The molecule has 1 unspecified atom stereocenters. The highest BCUT2D eigenvalue weighted by atomic mass is 19.1. The Morgan fingerprint density at radius 3 is 2.59 bits per heavy atom. The first kappa shape index (κ1) is 21.0. The van der Waals surface area contributed by atoms with E-state index in [1.807, 2.05) is 4.90 Å². The molecule has 1 fully saturated rings. The van der Waals surface area contributed by atoms with Crippen molar-refractivity contribution in [1.82, 2.24) is 4.90 Å². The van der Waals surface area contributed by atoms with Crippen molar-refractivity contribution in [3.8, 4) is 5.75 Å². The third-order valence-electron chi connectivity index (χ3n) is 4.72. The highest BCUT2D eigenvalue weighted by Crippen LogP contribution is 2.24. The minimum atomic E-state index is -0.713. The molecule has 1 aliphatic heterocycles. The number of nitrogens with one attached hydrogen (secondary N) is 1. The zero-order valence-electron chi connectivity index (χ0n) is 16.3. The number of aliphatic hydroxyl groups excluding tert-OH is 1. The van der Waals surface area contributed by atoms with Crippen LogP contribution < -0.4 is 15.0 Å². The number of carbonyl (C=O) groups is 1. The maximum atomic E-state index is 13.9. The van der Waals surface area contributed by atoms with E-state index < -0.39 is 17.7 Å². The second-order valence-electron chi connectivity index (χ2n) is 7.03. The molecule has 6 nitrogen and oxygen atoms in total. The number of piperazine rings is 1.